The first-order valence-electron chi connectivity index (χ1n) is 4.71. The zero-order chi connectivity index (χ0) is 12.1. The van der Waals surface area contributed by atoms with Crippen LogP contribution in [0.4, 0.5) is 0 Å². The highest BCUT2D eigenvalue weighted by Gasteiger charge is 2.11. The molecule has 5 heteroatoms. The number of amides is 1. The third-order valence-corrected chi connectivity index (χ3v) is 2.99. The minimum absolute atomic E-state index is 0.114. The summed E-state index contributed by atoms with van der Waals surface area (Å²) in [7, 11) is 4.63. The van der Waals surface area contributed by atoms with E-state index in [0.717, 1.165) is 15.8 Å². The lowest BCUT2D eigenvalue weighted by atomic mass is 10.1. The Labute approximate surface area is 103 Å². The second-order valence-electron chi connectivity index (χ2n) is 3.21. The first kappa shape index (κ1) is 13.0. The Morgan fingerprint density at radius 3 is 2.69 bits per heavy atom. The largest absolute Gasteiger partial charge is 0.497 e. The van der Waals surface area contributed by atoms with Crippen molar-refractivity contribution >= 4 is 21.8 Å². The van der Waals surface area contributed by atoms with E-state index in [9.17, 15) is 4.79 Å². The van der Waals surface area contributed by atoms with Crippen LogP contribution in [0.25, 0.3) is 0 Å². The van der Waals surface area contributed by atoms with Crippen LogP contribution in [0.1, 0.15) is 5.56 Å². The molecule has 0 aliphatic carbocycles. The first-order valence-corrected chi connectivity index (χ1v) is 5.51. The lowest BCUT2D eigenvalue weighted by molar-refractivity contribution is -0.167. The highest BCUT2D eigenvalue weighted by Crippen LogP contribution is 2.23. The summed E-state index contributed by atoms with van der Waals surface area (Å²) in [5.74, 6) is 0.613. The summed E-state index contributed by atoms with van der Waals surface area (Å²) < 4.78 is 5.98. The van der Waals surface area contributed by atoms with Gasteiger partial charge in [0, 0.05) is 11.5 Å². The Morgan fingerprint density at radius 1 is 1.44 bits per heavy atom. The molecule has 1 rings (SSSR count). The third kappa shape index (κ3) is 3.21. The zero-order valence-electron chi connectivity index (χ0n) is 9.49. The molecule has 0 atom stereocenters. The van der Waals surface area contributed by atoms with E-state index < -0.39 is 0 Å². The number of ether oxygens (including phenoxy) is 1. The van der Waals surface area contributed by atoms with E-state index >= 15 is 0 Å². The molecule has 0 fully saturated rings. The van der Waals surface area contributed by atoms with Crippen molar-refractivity contribution in [2.75, 3.05) is 21.3 Å². The van der Waals surface area contributed by atoms with Crippen LogP contribution in [0.2, 0.25) is 0 Å². The SMILES string of the molecule is COc1ccc(Br)c(CC(=O)N(C)OC)c1. The standard InChI is InChI=1S/C11H14BrNO3/c1-13(16-3)11(14)7-8-6-9(15-2)4-5-10(8)12/h4-6H,7H2,1-3H3. The minimum Gasteiger partial charge on any atom is -0.497 e. The fraction of sp³-hybridized carbons (Fsp3) is 0.364. The Hall–Kier alpha value is -1.07. The van der Waals surface area contributed by atoms with E-state index in [1.165, 1.54) is 12.2 Å². The number of hydrogen-bond acceptors (Lipinski definition) is 3. The molecule has 16 heavy (non-hydrogen) atoms. The van der Waals surface area contributed by atoms with E-state index in [1.807, 2.05) is 18.2 Å². The Kier molecular flexibility index (Phi) is 4.76. The van der Waals surface area contributed by atoms with Crippen LogP contribution in [0, 0.1) is 0 Å². The molecule has 0 radical (unpaired) electrons. The first-order chi connectivity index (χ1) is 7.58. The van der Waals surface area contributed by atoms with Gasteiger partial charge in [0.2, 0.25) is 5.91 Å². The van der Waals surface area contributed by atoms with E-state index in [2.05, 4.69) is 15.9 Å². The van der Waals surface area contributed by atoms with E-state index in [-0.39, 0.29) is 12.3 Å². The lowest BCUT2D eigenvalue weighted by Crippen LogP contribution is -2.27. The van der Waals surface area contributed by atoms with Crippen molar-refractivity contribution in [1.29, 1.82) is 0 Å². The molecule has 88 valence electrons. The molecule has 1 aromatic carbocycles. The van der Waals surface area contributed by atoms with Crippen molar-refractivity contribution in [1.82, 2.24) is 5.06 Å². The summed E-state index contributed by atoms with van der Waals surface area (Å²) in [6.07, 6.45) is 0.266. The highest BCUT2D eigenvalue weighted by atomic mass is 79.9. The van der Waals surface area contributed by atoms with Crippen molar-refractivity contribution in [3.63, 3.8) is 0 Å². The second kappa shape index (κ2) is 5.86. The maximum Gasteiger partial charge on any atom is 0.250 e. The van der Waals surface area contributed by atoms with Gasteiger partial charge < -0.3 is 4.74 Å². The number of benzene rings is 1. The topological polar surface area (TPSA) is 38.8 Å². The molecular formula is C11H14BrNO3. The molecule has 0 heterocycles. The predicted octanol–water partition coefficient (Wildman–Crippen LogP) is 2.02. The van der Waals surface area contributed by atoms with Crippen LogP contribution in [0.5, 0.6) is 5.75 Å². The molecule has 1 amide bonds. The van der Waals surface area contributed by atoms with Crippen molar-refractivity contribution in [2.45, 2.75) is 6.42 Å². The Balaban J connectivity index is 2.83. The molecule has 0 unspecified atom stereocenters. The number of rotatable bonds is 4. The lowest BCUT2D eigenvalue weighted by Gasteiger charge is -2.14. The summed E-state index contributed by atoms with van der Waals surface area (Å²) in [6, 6.07) is 5.51. The van der Waals surface area contributed by atoms with Crippen LogP contribution in [-0.4, -0.2) is 32.2 Å². The van der Waals surface area contributed by atoms with Gasteiger partial charge in [0.25, 0.3) is 0 Å². The number of hydroxylamine groups is 2. The van der Waals surface area contributed by atoms with Gasteiger partial charge in [-0.05, 0) is 23.8 Å². The van der Waals surface area contributed by atoms with Crippen molar-refractivity contribution in [3.8, 4) is 5.75 Å². The van der Waals surface area contributed by atoms with Crippen LogP contribution in [0.15, 0.2) is 22.7 Å². The summed E-state index contributed by atoms with van der Waals surface area (Å²) in [6.45, 7) is 0. The normalized spacial score (nSPS) is 10.0. The number of halogens is 1. The van der Waals surface area contributed by atoms with Gasteiger partial charge in [-0.2, -0.15) is 0 Å². The van der Waals surface area contributed by atoms with Gasteiger partial charge in [-0.15, -0.1) is 0 Å². The van der Waals surface area contributed by atoms with Gasteiger partial charge >= 0.3 is 0 Å². The second-order valence-corrected chi connectivity index (χ2v) is 4.06. The molecule has 0 aromatic heterocycles. The molecule has 4 nitrogen and oxygen atoms in total. The van der Waals surface area contributed by atoms with Gasteiger partial charge in [-0.1, -0.05) is 15.9 Å². The molecule has 0 saturated carbocycles. The van der Waals surface area contributed by atoms with Gasteiger partial charge in [0.1, 0.15) is 5.75 Å². The molecule has 1 aromatic rings. The maximum absolute atomic E-state index is 11.6. The van der Waals surface area contributed by atoms with Crippen molar-refractivity contribution < 1.29 is 14.4 Å². The number of carbonyl (C=O) groups excluding carboxylic acids is 1. The average Bonchev–Trinajstić information content (AvgIpc) is 2.30. The van der Waals surface area contributed by atoms with Gasteiger partial charge in [0.15, 0.2) is 0 Å². The predicted molar refractivity (Wildman–Crippen MR) is 64.2 cm³/mol. The number of nitrogens with zero attached hydrogens (tertiary/aromatic N) is 1. The van der Waals surface area contributed by atoms with Crippen molar-refractivity contribution in [2.24, 2.45) is 0 Å². The van der Waals surface area contributed by atoms with Crippen LogP contribution < -0.4 is 4.74 Å². The van der Waals surface area contributed by atoms with Crippen LogP contribution in [0.3, 0.4) is 0 Å². The summed E-state index contributed by atoms with van der Waals surface area (Å²) in [5.41, 5.74) is 0.869. The number of carbonyl (C=O) groups is 1. The molecule has 0 N–H and O–H groups in total. The molecule has 0 aliphatic rings. The highest BCUT2D eigenvalue weighted by molar-refractivity contribution is 9.10. The van der Waals surface area contributed by atoms with Crippen LogP contribution in [-0.2, 0) is 16.1 Å². The number of hydrogen-bond donors (Lipinski definition) is 0. The maximum atomic E-state index is 11.6. The Morgan fingerprint density at radius 2 is 2.12 bits per heavy atom. The third-order valence-electron chi connectivity index (χ3n) is 2.22. The Bertz CT molecular complexity index is 381. The molecular weight excluding hydrogens is 274 g/mol. The zero-order valence-corrected chi connectivity index (χ0v) is 11.1. The molecule has 0 saturated heterocycles. The van der Waals surface area contributed by atoms with E-state index in [0.29, 0.717) is 0 Å². The van der Waals surface area contributed by atoms with Gasteiger partial charge in [-0.3, -0.25) is 9.63 Å². The minimum atomic E-state index is -0.114. The fourth-order valence-electron chi connectivity index (χ4n) is 1.19. The number of methoxy groups -OCH3 is 1. The quantitative estimate of drug-likeness (QED) is 0.796. The average molecular weight is 288 g/mol. The van der Waals surface area contributed by atoms with E-state index in [4.69, 9.17) is 9.57 Å². The fourth-order valence-corrected chi connectivity index (χ4v) is 1.58. The molecule has 0 bridgehead atoms. The summed E-state index contributed by atoms with van der Waals surface area (Å²) in [4.78, 5) is 16.5. The summed E-state index contributed by atoms with van der Waals surface area (Å²) in [5, 5.41) is 1.20. The smallest absolute Gasteiger partial charge is 0.250 e. The van der Waals surface area contributed by atoms with Gasteiger partial charge in [0.05, 0.1) is 20.6 Å². The van der Waals surface area contributed by atoms with Gasteiger partial charge in [-0.25, -0.2) is 5.06 Å². The molecule has 0 aliphatic heterocycles. The van der Waals surface area contributed by atoms with E-state index in [1.54, 1.807) is 14.2 Å². The number of likely N-dealkylation sites (N-methyl/N-ethyl adjacent to an activating group) is 1. The van der Waals surface area contributed by atoms with Crippen molar-refractivity contribution in [3.05, 3.63) is 28.2 Å². The molecule has 0 spiro atoms. The summed E-state index contributed by atoms with van der Waals surface area (Å²) >= 11 is 3.39. The van der Waals surface area contributed by atoms with Crippen LogP contribution >= 0.6 is 15.9 Å². The monoisotopic (exact) mass is 287 g/mol.